The number of aromatic nitrogens is 3. The summed E-state index contributed by atoms with van der Waals surface area (Å²) in [5.41, 5.74) is 4.94. The van der Waals surface area contributed by atoms with E-state index in [9.17, 15) is 0 Å². The first-order valence-electron chi connectivity index (χ1n) is 6.77. The van der Waals surface area contributed by atoms with E-state index in [0.29, 0.717) is 0 Å². The molecule has 21 heavy (non-hydrogen) atoms. The smallest absolute Gasteiger partial charge is 0.165 e. The zero-order valence-corrected chi connectivity index (χ0v) is 13.3. The third-order valence-electron chi connectivity index (χ3n) is 3.46. The molecule has 0 bridgehead atoms. The summed E-state index contributed by atoms with van der Waals surface area (Å²) in [6.45, 7) is 4.01. The lowest BCUT2D eigenvalue weighted by Crippen LogP contribution is -2.14. The monoisotopic (exact) mass is 300 g/mol. The molecular weight excluding hydrogens is 284 g/mol. The van der Waals surface area contributed by atoms with Crippen molar-refractivity contribution in [3.63, 3.8) is 0 Å². The van der Waals surface area contributed by atoms with E-state index in [1.54, 1.807) is 0 Å². The second kappa shape index (κ2) is 5.04. The van der Waals surface area contributed by atoms with E-state index in [0.717, 1.165) is 39.0 Å². The van der Waals surface area contributed by atoms with Gasteiger partial charge in [0.25, 0.3) is 0 Å². The summed E-state index contributed by atoms with van der Waals surface area (Å²) >= 11 is 5.98. The average Bonchev–Trinajstić information content (AvgIpc) is 2.75. The highest BCUT2D eigenvalue weighted by Gasteiger charge is 2.16. The summed E-state index contributed by atoms with van der Waals surface area (Å²) < 4.78 is 1.90. The van der Waals surface area contributed by atoms with Crippen molar-refractivity contribution in [1.82, 2.24) is 14.6 Å². The molecule has 0 aliphatic heterocycles. The minimum atomic E-state index is 0.728. The first-order valence-corrected chi connectivity index (χ1v) is 7.15. The molecular formula is C16H17ClN4. The van der Waals surface area contributed by atoms with Crippen LogP contribution >= 0.6 is 11.6 Å². The molecule has 2 aromatic heterocycles. The van der Waals surface area contributed by atoms with Crippen LogP contribution in [0.1, 0.15) is 11.4 Å². The number of rotatable bonds is 2. The van der Waals surface area contributed by atoms with E-state index in [2.05, 4.69) is 10.1 Å². The van der Waals surface area contributed by atoms with E-state index in [1.807, 2.05) is 67.7 Å². The maximum Gasteiger partial charge on any atom is 0.165 e. The van der Waals surface area contributed by atoms with Crippen LogP contribution in [0, 0.1) is 13.8 Å². The first-order chi connectivity index (χ1) is 9.97. The fourth-order valence-electron chi connectivity index (χ4n) is 2.50. The summed E-state index contributed by atoms with van der Waals surface area (Å²) in [7, 11) is 4.01. The highest BCUT2D eigenvalue weighted by molar-refractivity contribution is 6.30. The SMILES string of the molecule is Cc1cc(N(C)C)n2nc(C)c(-c3ccc(Cl)cc3)c2n1. The zero-order valence-electron chi connectivity index (χ0n) is 12.6. The van der Waals surface area contributed by atoms with Crippen molar-refractivity contribution >= 4 is 23.1 Å². The van der Waals surface area contributed by atoms with E-state index >= 15 is 0 Å². The Labute approximate surface area is 129 Å². The first kappa shape index (κ1) is 13.9. The van der Waals surface area contributed by atoms with Gasteiger partial charge in [-0.05, 0) is 31.5 Å². The minimum Gasteiger partial charge on any atom is -0.363 e. The van der Waals surface area contributed by atoms with Gasteiger partial charge in [0, 0.05) is 36.4 Å². The molecule has 0 aliphatic rings. The fraction of sp³-hybridized carbons (Fsp3) is 0.250. The van der Waals surface area contributed by atoms with Crippen molar-refractivity contribution < 1.29 is 0 Å². The molecule has 1 aromatic carbocycles. The summed E-state index contributed by atoms with van der Waals surface area (Å²) in [5, 5.41) is 5.38. The van der Waals surface area contributed by atoms with Gasteiger partial charge in [0.1, 0.15) is 5.82 Å². The minimum absolute atomic E-state index is 0.728. The van der Waals surface area contributed by atoms with Gasteiger partial charge in [0.05, 0.1) is 5.69 Å². The van der Waals surface area contributed by atoms with Crippen molar-refractivity contribution in [3.8, 4) is 11.1 Å². The Hall–Kier alpha value is -2.07. The molecule has 0 N–H and O–H groups in total. The number of hydrogen-bond donors (Lipinski definition) is 0. The van der Waals surface area contributed by atoms with Crippen molar-refractivity contribution in [1.29, 1.82) is 0 Å². The van der Waals surface area contributed by atoms with Crippen molar-refractivity contribution in [3.05, 3.63) is 46.7 Å². The Morgan fingerprint density at radius 2 is 1.76 bits per heavy atom. The third-order valence-corrected chi connectivity index (χ3v) is 3.72. The molecule has 0 unspecified atom stereocenters. The van der Waals surface area contributed by atoms with Crippen LogP contribution in [0.5, 0.6) is 0 Å². The second-order valence-corrected chi connectivity index (χ2v) is 5.79. The predicted octanol–water partition coefficient (Wildman–Crippen LogP) is 3.73. The molecule has 0 aliphatic carbocycles. The number of benzene rings is 1. The van der Waals surface area contributed by atoms with Crippen LogP contribution in [0.25, 0.3) is 16.8 Å². The lowest BCUT2D eigenvalue weighted by molar-refractivity contribution is 0.875. The van der Waals surface area contributed by atoms with Crippen LogP contribution in [0.2, 0.25) is 5.02 Å². The molecule has 2 heterocycles. The van der Waals surface area contributed by atoms with E-state index in [1.165, 1.54) is 0 Å². The summed E-state index contributed by atoms with van der Waals surface area (Å²) in [6, 6.07) is 9.83. The number of hydrogen-bond acceptors (Lipinski definition) is 3. The molecule has 0 fully saturated rings. The van der Waals surface area contributed by atoms with Crippen LogP contribution in [0.15, 0.2) is 30.3 Å². The number of aryl methyl sites for hydroxylation is 2. The van der Waals surface area contributed by atoms with E-state index < -0.39 is 0 Å². The van der Waals surface area contributed by atoms with Crippen LogP contribution in [0.3, 0.4) is 0 Å². The molecule has 3 rings (SSSR count). The van der Waals surface area contributed by atoms with Crippen LogP contribution in [-0.2, 0) is 0 Å². The zero-order chi connectivity index (χ0) is 15.1. The molecule has 4 nitrogen and oxygen atoms in total. The Morgan fingerprint density at radius 3 is 2.38 bits per heavy atom. The van der Waals surface area contributed by atoms with Gasteiger partial charge in [-0.1, -0.05) is 23.7 Å². The number of halogens is 1. The third kappa shape index (κ3) is 2.36. The molecule has 0 saturated carbocycles. The quantitative estimate of drug-likeness (QED) is 0.723. The van der Waals surface area contributed by atoms with Crippen LogP contribution in [0.4, 0.5) is 5.82 Å². The van der Waals surface area contributed by atoms with Gasteiger partial charge < -0.3 is 4.90 Å². The second-order valence-electron chi connectivity index (χ2n) is 5.35. The number of fused-ring (bicyclic) bond motifs is 1. The van der Waals surface area contributed by atoms with Gasteiger partial charge in [-0.25, -0.2) is 4.98 Å². The Bertz CT molecular complexity index is 803. The lowest BCUT2D eigenvalue weighted by Gasteiger charge is -2.14. The van der Waals surface area contributed by atoms with Gasteiger partial charge in [0.2, 0.25) is 0 Å². The molecule has 0 atom stereocenters. The molecule has 0 saturated heterocycles. The summed E-state index contributed by atoms with van der Waals surface area (Å²) in [5.74, 6) is 1.01. The topological polar surface area (TPSA) is 33.4 Å². The van der Waals surface area contributed by atoms with Gasteiger partial charge in [-0.2, -0.15) is 9.61 Å². The highest BCUT2D eigenvalue weighted by atomic mass is 35.5. The Balaban J connectivity index is 2.33. The maximum absolute atomic E-state index is 5.98. The molecule has 5 heteroatoms. The van der Waals surface area contributed by atoms with E-state index in [-0.39, 0.29) is 0 Å². The molecule has 0 spiro atoms. The fourth-order valence-corrected chi connectivity index (χ4v) is 2.62. The standard InChI is InChI=1S/C16H17ClN4/c1-10-9-14(20(3)4)21-16(18-10)15(11(2)19-21)12-5-7-13(17)8-6-12/h5-9H,1-4H3. The van der Waals surface area contributed by atoms with Gasteiger partial charge >= 0.3 is 0 Å². The van der Waals surface area contributed by atoms with Crippen molar-refractivity contribution in [2.45, 2.75) is 13.8 Å². The van der Waals surface area contributed by atoms with Crippen molar-refractivity contribution in [2.24, 2.45) is 0 Å². The summed E-state index contributed by atoms with van der Waals surface area (Å²) in [6.07, 6.45) is 0. The Morgan fingerprint density at radius 1 is 1.10 bits per heavy atom. The molecule has 0 radical (unpaired) electrons. The largest absolute Gasteiger partial charge is 0.363 e. The summed E-state index contributed by atoms with van der Waals surface area (Å²) in [4.78, 5) is 6.72. The van der Waals surface area contributed by atoms with Crippen LogP contribution in [-0.4, -0.2) is 28.7 Å². The predicted molar refractivity (Wildman–Crippen MR) is 87.2 cm³/mol. The number of nitrogens with zero attached hydrogens (tertiary/aromatic N) is 4. The number of anilines is 1. The molecule has 108 valence electrons. The maximum atomic E-state index is 5.98. The van der Waals surface area contributed by atoms with Crippen molar-refractivity contribution in [2.75, 3.05) is 19.0 Å². The molecule has 3 aromatic rings. The Kier molecular flexibility index (Phi) is 3.33. The van der Waals surface area contributed by atoms with Gasteiger partial charge in [0.15, 0.2) is 5.65 Å². The molecule has 0 amide bonds. The van der Waals surface area contributed by atoms with Gasteiger partial charge in [-0.15, -0.1) is 0 Å². The van der Waals surface area contributed by atoms with Gasteiger partial charge in [-0.3, -0.25) is 0 Å². The average molecular weight is 301 g/mol. The lowest BCUT2D eigenvalue weighted by atomic mass is 10.1. The van der Waals surface area contributed by atoms with E-state index in [4.69, 9.17) is 11.6 Å². The normalized spacial score (nSPS) is 11.1. The van der Waals surface area contributed by atoms with Crippen LogP contribution < -0.4 is 4.90 Å². The highest BCUT2D eigenvalue weighted by Crippen LogP contribution is 2.30.